The van der Waals surface area contributed by atoms with Gasteiger partial charge in [-0.2, -0.15) is 0 Å². The molecule has 28 heavy (non-hydrogen) atoms. The van der Waals surface area contributed by atoms with Crippen LogP contribution in [0.2, 0.25) is 0 Å². The Labute approximate surface area is 172 Å². The molecule has 1 aliphatic rings. The maximum atomic E-state index is 12.0. The number of hydrogen-bond acceptors (Lipinski definition) is 9. The van der Waals surface area contributed by atoms with E-state index < -0.39 is 29.5 Å². The lowest BCUT2D eigenvalue weighted by Crippen LogP contribution is -2.36. The van der Waals surface area contributed by atoms with Crippen LogP contribution >= 0.6 is 21.6 Å². The van der Waals surface area contributed by atoms with Crippen molar-refractivity contribution in [3.8, 4) is 0 Å². The molecule has 1 heterocycles. The molecular formula is C17H28N2O7S2. The highest BCUT2D eigenvalue weighted by Crippen LogP contribution is 2.38. The van der Waals surface area contributed by atoms with E-state index >= 15 is 0 Å². The van der Waals surface area contributed by atoms with Crippen LogP contribution in [0.15, 0.2) is 0 Å². The molecule has 0 aliphatic carbocycles. The maximum absolute atomic E-state index is 12.0. The molecule has 1 fully saturated rings. The van der Waals surface area contributed by atoms with Crippen molar-refractivity contribution >= 4 is 45.5 Å². The number of primary amides is 1. The number of carbonyl (C=O) groups excluding carboxylic acids is 4. The van der Waals surface area contributed by atoms with Crippen LogP contribution in [-0.4, -0.2) is 58.3 Å². The number of amides is 3. The summed E-state index contributed by atoms with van der Waals surface area (Å²) in [6.45, 7) is 8.30. The number of hydroxylamine groups is 2. The van der Waals surface area contributed by atoms with Gasteiger partial charge in [0.05, 0.1) is 12.0 Å². The summed E-state index contributed by atoms with van der Waals surface area (Å²) >= 11 is 0. The zero-order chi connectivity index (χ0) is 21.4. The Morgan fingerprint density at radius 2 is 1.71 bits per heavy atom. The van der Waals surface area contributed by atoms with Gasteiger partial charge in [-0.3, -0.25) is 9.59 Å². The molecule has 0 bridgehead atoms. The average molecular weight is 437 g/mol. The lowest BCUT2D eigenvalue weighted by molar-refractivity contribution is -0.200. The molecule has 9 nitrogen and oxygen atoms in total. The van der Waals surface area contributed by atoms with E-state index in [-0.39, 0.29) is 30.6 Å². The molecule has 0 aromatic heterocycles. The van der Waals surface area contributed by atoms with Crippen LogP contribution < -0.4 is 5.73 Å². The third kappa shape index (κ3) is 9.65. The van der Waals surface area contributed by atoms with E-state index in [1.54, 1.807) is 35.4 Å². The zero-order valence-electron chi connectivity index (χ0n) is 16.6. The molecule has 1 rings (SSSR count). The lowest BCUT2D eigenvalue weighted by atomic mass is 10.1. The summed E-state index contributed by atoms with van der Waals surface area (Å²) in [5, 5.41) is 0.539. The minimum absolute atomic E-state index is 0.0609. The molecule has 11 heteroatoms. The topological polar surface area (TPSA) is 125 Å². The molecule has 0 radical (unpaired) electrons. The average Bonchev–Trinajstić information content (AvgIpc) is 2.85. The number of nitrogens with two attached hydrogens (primary N) is 1. The van der Waals surface area contributed by atoms with Crippen molar-refractivity contribution < 1.29 is 33.5 Å². The van der Waals surface area contributed by atoms with Crippen LogP contribution in [0.5, 0.6) is 0 Å². The SMILES string of the molecule is CC(C)(CC(=O)ON1C(=O)CCC1=O)OCCC(C)(C)SSCCOC(N)=O. The van der Waals surface area contributed by atoms with Crippen LogP contribution in [0.3, 0.4) is 0 Å². The number of carbonyl (C=O) groups is 4. The van der Waals surface area contributed by atoms with Gasteiger partial charge in [-0.15, -0.1) is 5.06 Å². The number of rotatable bonds is 12. The molecule has 0 spiro atoms. The molecule has 0 aromatic carbocycles. The summed E-state index contributed by atoms with van der Waals surface area (Å²) in [6.07, 6.45) is -0.0196. The van der Waals surface area contributed by atoms with Gasteiger partial charge in [-0.25, -0.2) is 9.59 Å². The van der Waals surface area contributed by atoms with Gasteiger partial charge in [0.1, 0.15) is 6.61 Å². The second-order valence-corrected chi connectivity index (χ2v) is 10.5. The third-order valence-corrected chi connectivity index (χ3v) is 6.97. The van der Waals surface area contributed by atoms with Gasteiger partial charge < -0.3 is 20.0 Å². The Morgan fingerprint density at radius 1 is 1.11 bits per heavy atom. The second-order valence-electron chi connectivity index (χ2n) is 7.41. The molecular weight excluding hydrogens is 408 g/mol. The van der Waals surface area contributed by atoms with Gasteiger partial charge >= 0.3 is 12.1 Å². The molecule has 0 saturated carbocycles. The van der Waals surface area contributed by atoms with Gasteiger partial charge in [-0.05, 0) is 34.1 Å². The first-order valence-corrected chi connectivity index (χ1v) is 11.2. The van der Waals surface area contributed by atoms with E-state index in [9.17, 15) is 19.2 Å². The predicted octanol–water partition coefficient (Wildman–Crippen LogP) is 2.42. The summed E-state index contributed by atoms with van der Waals surface area (Å²) < 4.78 is 10.4. The summed E-state index contributed by atoms with van der Waals surface area (Å²) in [4.78, 5) is 50.4. The van der Waals surface area contributed by atoms with E-state index in [2.05, 4.69) is 18.6 Å². The number of ether oxygens (including phenoxy) is 2. The van der Waals surface area contributed by atoms with Crippen molar-refractivity contribution in [1.29, 1.82) is 0 Å². The van der Waals surface area contributed by atoms with Crippen molar-refractivity contribution in [2.24, 2.45) is 5.73 Å². The highest BCUT2D eigenvalue weighted by Gasteiger charge is 2.34. The Morgan fingerprint density at radius 3 is 2.29 bits per heavy atom. The zero-order valence-corrected chi connectivity index (χ0v) is 18.3. The van der Waals surface area contributed by atoms with Crippen molar-refractivity contribution in [1.82, 2.24) is 5.06 Å². The Bertz CT molecular complexity index is 580. The fourth-order valence-electron chi connectivity index (χ4n) is 2.18. The van der Waals surface area contributed by atoms with Crippen LogP contribution in [0.4, 0.5) is 4.79 Å². The first-order chi connectivity index (χ1) is 12.9. The van der Waals surface area contributed by atoms with Crippen molar-refractivity contribution in [2.75, 3.05) is 19.0 Å². The summed E-state index contributed by atoms with van der Waals surface area (Å²) in [6, 6.07) is 0. The lowest BCUT2D eigenvalue weighted by Gasteiger charge is -2.28. The quantitative estimate of drug-likeness (QED) is 0.279. The third-order valence-electron chi connectivity index (χ3n) is 3.66. The fourth-order valence-corrected chi connectivity index (χ4v) is 4.56. The van der Waals surface area contributed by atoms with Gasteiger partial charge in [0.2, 0.25) is 0 Å². The summed E-state index contributed by atoms with van der Waals surface area (Å²) in [5.41, 5.74) is 4.10. The van der Waals surface area contributed by atoms with Crippen LogP contribution in [0.1, 0.15) is 53.4 Å². The van der Waals surface area contributed by atoms with Crippen molar-refractivity contribution in [3.63, 3.8) is 0 Å². The van der Waals surface area contributed by atoms with E-state index in [0.717, 1.165) is 6.42 Å². The second kappa shape index (κ2) is 10.9. The minimum Gasteiger partial charge on any atom is -0.449 e. The first kappa shape index (κ1) is 24.6. The van der Waals surface area contributed by atoms with Gasteiger partial charge in [0, 0.05) is 29.9 Å². The molecule has 0 atom stereocenters. The monoisotopic (exact) mass is 436 g/mol. The molecule has 160 valence electrons. The van der Waals surface area contributed by atoms with Crippen molar-refractivity contribution in [2.45, 2.75) is 63.7 Å². The van der Waals surface area contributed by atoms with E-state index in [4.69, 9.17) is 15.3 Å². The van der Waals surface area contributed by atoms with Gasteiger partial charge in [0.25, 0.3) is 11.8 Å². The molecule has 1 saturated heterocycles. The van der Waals surface area contributed by atoms with Crippen molar-refractivity contribution in [3.05, 3.63) is 0 Å². The smallest absolute Gasteiger partial charge is 0.404 e. The molecule has 1 aliphatic heterocycles. The normalized spacial score (nSPS) is 15.1. The van der Waals surface area contributed by atoms with Crippen LogP contribution in [0, 0.1) is 0 Å². The molecule has 0 aromatic rings. The van der Waals surface area contributed by atoms with E-state index in [1.165, 1.54) is 0 Å². The van der Waals surface area contributed by atoms with Gasteiger partial charge in [-0.1, -0.05) is 21.6 Å². The molecule has 0 unspecified atom stereocenters. The Kier molecular flexibility index (Phi) is 9.58. The number of imide groups is 1. The fraction of sp³-hybridized carbons (Fsp3) is 0.765. The summed E-state index contributed by atoms with van der Waals surface area (Å²) in [5.74, 6) is -1.07. The summed E-state index contributed by atoms with van der Waals surface area (Å²) in [7, 11) is 3.22. The van der Waals surface area contributed by atoms with Crippen LogP contribution in [-0.2, 0) is 28.7 Å². The minimum atomic E-state index is -0.799. The predicted molar refractivity (Wildman–Crippen MR) is 106 cm³/mol. The highest BCUT2D eigenvalue weighted by molar-refractivity contribution is 8.77. The molecule has 2 N–H and O–H groups in total. The maximum Gasteiger partial charge on any atom is 0.404 e. The Hall–Kier alpha value is -1.46. The Balaban J connectivity index is 2.29. The number of nitrogens with zero attached hydrogens (tertiary/aromatic N) is 1. The molecule has 3 amide bonds. The highest BCUT2D eigenvalue weighted by atomic mass is 33.1. The van der Waals surface area contributed by atoms with E-state index in [1.807, 2.05) is 0 Å². The van der Waals surface area contributed by atoms with Gasteiger partial charge in [0.15, 0.2) is 0 Å². The first-order valence-electron chi connectivity index (χ1n) is 8.85. The standard InChI is InChI=1S/C17H28N2O7S2/c1-16(2,11-14(22)26-19-12(20)5-6-13(19)21)25-8-7-17(3,4)28-27-10-9-24-15(18)23/h5-11H2,1-4H3,(H2,18,23). The number of hydrogen-bond donors (Lipinski definition) is 1. The van der Waals surface area contributed by atoms with Crippen LogP contribution in [0.25, 0.3) is 0 Å². The largest absolute Gasteiger partial charge is 0.449 e. The van der Waals surface area contributed by atoms with E-state index in [0.29, 0.717) is 17.4 Å².